The number of hydrogen-bond acceptors (Lipinski definition) is 7. The van der Waals surface area contributed by atoms with Crippen molar-refractivity contribution in [3.05, 3.63) is 59.6 Å². The molecule has 4 aromatic rings. The third kappa shape index (κ3) is 4.70. The first-order valence-electron chi connectivity index (χ1n) is 12.7. The summed E-state index contributed by atoms with van der Waals surface area (Å²) >= 11 is 6.20. The van der Waals surface area contributed by atoms with E-state index in [1.807, 2.05) is 20.8 Å². The number of anilines is 1. The zero-order valence-corrected chi connectivity index (χ0v) is 22.6. The first kappa shape index (κ1) is 26.3. The van der Waals surface area contributed by atoms with Crippen LogP contribution in [0.2, 0.25) is 5.15 Å². The van der Waals surface area contributed by atoms with Crippen LogP contribution in [0.15, 0.2) is 48.9 Å². The number of alkyl halides is 3. The van der Waals surface area contributed by atoms with Crippen molar-refractivity contribution in [3.63, 3.8) is 0 Å². The van der Waals surface area contributed by atoms with E-state index in [1.54, 1.807) is 27.5 Å². The van der Waals surface area contributed by atoms with Crippen LogP contribution >= 0.6 is 11.6 Å². The summed E-state index contributed by atoms with van der Waals surface area (Å²) in [5.41, 5.74) is 0.589. The number of rotatable bonds is 3. The zero-order valence-electron chi connectivity index (χ0n) is 21.9. The first-order valence-corrected chi connectivity index (χ1v) is 13.1. The molecule has 13 heteroatoms. The summed E-state index contributed by atoms with van der Waals surface area (Å²) in [6, 6.07) is 8.23. The van der Waals surface area contributed by atoms with Gasteiger partial charge in [-0.05, 0) is 57.0 Å². The molecule has 0 saturated carbocycles. The van der Waals surface area contributed by atoms with Gasteiger partial charge in [-0.1, -0.05) is 23.7 Å². The Hall–Kier alpha value is -3.93. The molecule has 0 radical (unpaired) electrons. The van der Waals surface area contributed by atoms with E-state index in [0.29, 0.717) is 41.5 Å². The second kappa shape index (κ2) is 9.33. The van der Waals surface area contributed by atoms with Gasteiger partial charge in [0.25, 0.3) is 0 Å². The molecule has 2 unspecified atom stereocenters. The highest BCUT2D eigenvalue weighted by Gasteiger charge is 2.48. The van der Waals surface area contributed by atoms with Gasteiger partial charge in [0.15, 0.2) is 5.65 Å². The van der Waals surface area contributed by atoms with Crippen LogP contribution < -0.4 is 4.90 Å². The van der Waals surface area contributed by atoms with E-state index >= 15 is 0 Å². The van der Waals surface area contributed by atoms with E-state index in [1.165, 1.54) is 18.6 Å². The molecule has 2 aliphatic heterocycles. The number of amides is 1. The van der Waals surface area contributed by atoms with Crippen molar-refractivity contribution >= 4 is 29.3 Å². The minimum atomic E-state index is -4.53. The molecular weight excluding hydrogens is 547 g/mol. The number of fused-ring (bicyclic) bond motifs is 3. The van der Waals surface area contributed by atoms with Crippen LogP contribution in [0.3, 0.4) is 0 Å². The number of likely N-dealkylation sites (tertiary alicyclic amines) is 1. The number of halogens is 4. The van der Waals surface area contributed by atoms with Crippen LogP contribution in [0.5, 0.6) is 0 Å². The number of benzene rings is 1. The van der Waals surface area contributed by atoms with Crippen molar-refractivity contribution in [1.29, 1.82) is 0 Å². The fourth-order valence-corrected chi connectivity index (χ4v) is 5.58. The Balaban J connectivity index is 1.46. The normalized spacial score (nSPS) is 19.1. The molecule has 208 valence electrons. The third-order valence-corrected chi connectivity index (χ3v) is 7.25. The highest BCUT2D eigenvalue weighted by molar-refractivity contribution is 6.29. The van der Waals surface area contributed by atoms with Gasteiger partial charge in [-0.2, -0.15) is 13.2 Å². The molecule has 0 spiro atoms. The van der Waals surface area contributed by atoms with Crippen LogP contribution in [0.4, 0.5) is 23.9 Å². The van der Waals surface area contributed by atoms with E-state index in [9.17, 15) is 18.0 Å². The van der Waals surface area contributed by atoms with Crippen LogP contribution in [0.1, 0.15) is 32.8 Å². The molecule has 6 rings (SSSR count). The molecule has 2 saturated heterocycles. The van der Waals surface area contributed by atoms with E-state index in [2.05, 4.69) is 20.1 Å². The molecule has 2 atom stereocenters. The minimum absolute atomic E-state index is 0.0381. The van der Waals surface area contributed by atoms with Crippen molar-refractivity contribution in [3.8, 4) is 22.4 Å². The summed E-state index contributed by atoms with van der Waals surface area (Å²) in [5.74, 6) is 0.523. The fourth-order valence-electron chi connectivity index (χ4n) is 5.40. The summed E-state index contributed by atoms with van der Waals surface area (Å²) in [5, 5.41) is 8.61. The van der Waals surface area contributed by atoms with Crippen molar-refractivity contribution in [1.82, 2.24) is 29.5 Å². The molecule has 3 aromatic heterocycles. The maximum Gasteiger partial charge on any atom is 0.416 e. The lowest BCUT2D eigenvalue weighted by Crippen LogP contribution is -2.50. The SMILES string of the molecule is CC(C)(C)OC(=O)N1CC2CC1CN2c1nc(-c2ccnc(Cl)c2)c(-c2cccc(C(F)(F)F)c2)c2nncn12. The second-order valence-corrected chi connectivity index (χ2v) is 11.3. The molecule has 1 amide bonds. The predicted octanol–water partition coefficient (Wildman–Crippen LogP) is 5.72. The Morgan fingerprint density at radius 3 is 2.55 bits per heavy atom. The van der Waals surface area contributed by atoms with Crippen LogP contribution in [0.25, 0.3) is 28.0 Å². The lowest BCUT2D eigenvalue weighted by atomic mass is 9.98. The molecule has 9 nitrogen and oxygen atoms in total. The molecule has 2 fully saturated rings. The highest BCUT2D eigenvalue weighted by atomic mass is 35.5. The summed E-state index contributed by atoms with van der Waals surface area (Å²) in [7, 11) is 0. The fraction of sp³-hybridized carbons (Fsp3) is 0.370. The van der Waals surface area contributed by atoms with Gasteiger partial charge in [0.2, 0.25) is 5.95 Å². The Kier molecular flexibility index (Phi) is 6.13. The number of nitrogens with zero attached hydrogens (tertiary/aromatic N) is 7. The summed E-state index contributed by atoms with van der Waals surface area (Å²) in [6.45, 7) is 6.45. The lowest BCUT2D eigenvalue weighted by molar-refractivity contribution is -0.137. The Morgan fingerprint density at radius 1 is 1.07 bits per heavy atom. The summed E-state index contributed by atoms with van der Waals surface area (Å²) < 4.78 is 48.2. The van der Waals surface area contributed by atoms with Gasteiger partial charge in [-0.15, -0.1) is 10.2 Å². The van der Waals surface area contributed by atoms with Crippen molar-refractivity contribution in [2.45, 2.75) is 51.1 Å². The maximum absolute atomic E-state index is 13.6. The molecule has 1 aromatic carbocycles. The van der Waals surface area contributed by atoms with E-state index in [4.69, 9.17) is 21.3 Å². The van der Waals surface area contributed by atoms with Gasteiger partial charge in [0.1, 0.15) is 17.1 Å². The molecule has 0 N–H and O–H groups in total. The first-order chi connectivity index (χ1) is 18.9. The molecule has 2 aliphatic rings. The van der Waals surface area contributed by atoms with Crippen molar-refractivity contribution < 1.29 is 22.7 Å². The molecule has 40 heavy (non-hydrogen) atoms. The van der Waals surface area contributed by atoms with Gasteiger partial charge in [0.05, 0.1) is 28.9 Å². The van der Waals surface area contributed by atoms with E-state index in [0.717, 1.165) is 18.6 Å². The van der Waals surface area contributed by atoms with Gasteiger partial charge in [-0.3, -0.25) is 4.40 Å². The summed E-state index contributed by atoms with van der Waals surface area (Å²) in [4.78, 5) is 25.6. The smallest absolute Gasteiger partial charge is 0.416 e. The topological polar surface area (TPSA) is 88.8 Å². The monoisotopic (exact) mass is 571 g/mol. The highest BCUT2D eigenvalue weighted by Crippen LogP contribution is 2.41. The van der Waals surface area contributed by atoms with E-state index in [-0.39, 0.29) is 28.9 Å². The Labute approximate surface area is 232 Å². The maximum atomic E-state index is 13.6. The van der Waals surface area contributed by atoms with E-state index < -0.39 is 17.3 Å². The average Bonchev–Trinajstić information content (AvgIpc) is 3.62. The summed E-state index contributed by atoms with van der Waals surface area (Å²) in [6.07, 6.45) is -1.14. The number of pyridine rings is 1. The lowest BCUT2D eigenvalue weighted by Gasteiger charge is -2.36. The quantitative estimate of drug-likeness (QED) is 0.290. The number of aromatic nitrogens is 5. The molecular formula is C27H25ClF3N7O2. The number of carbonyl (C=O) groups excluding carboxylic acids is 1. The Bertz CT molecular complexity index is 1620. The van der Waals surface area contributed by atoms with Crippen LogP contribution in [0, 0.1) is 0 Å². The predicted molar refractivity (Wildman–Crippen MR) is 142 cm³/mol. The number of carbonyl (C=O) groups is 1. The van der Waals surface area contributed by atoms with Gasteiger partial charge < -0.3 is 14.5 Å². The Morgan fingerprint density at radius 2 is 1.88 bits per heavy atom. The number of piperazine rings is 1. The number of hydrogen-bond donors (Lipinski definition) is 0. The molecule has 5 heterocycles. The zero-order chi connectivity index (χ0) is 28.4. The van der Waals surface area contributed by atoms with Crippen LogP contribution in [-0.4, -0.2) is 66.3 Å². The molecule has 2 bridgehead atoms. The standard InChI is InChI=1S/C27H25ClF3N7O2/c1-26(2,3)40-25(39)37-13-18-11-19(37)12-36(18)24-34-22(16-7-8-32-20(28)10-16)21(23-35-33-14-38(23)24)15-5-4-6-17(9-15)27(29,30)31/h4-10,14,18-19H,11-13H2,1-3H3. The minimum Gasteiger partial charge on any atom is -0.444 e. The third-order valence-electron chi connectivity index (χ3n) is 7.04. The van der Waals surface area contributed by atoms with Crippen LogP contribution in [-0.2, 0) is 10.9 Å². The van der Waals surface area contributed by atoms with Crippen molar-refractivity contribution in [2.24, 2.45) is 0 Å². The average molecular weight is 572 g/mol. The second-order valence-electron chi connectivity index (χ2n) is 10.9. The van der Waals surface area contributed by atoms with Gasteiger partial charge in [-0.25, -0.2) is 14.8 Å². The molecule has 0 aliphatic carbocycles. The number of ether oxygens (including phenoxy) is 1. The largest absolute Gasteiger partial charge is 0.444 e. The van der Waals surface area contributed by atoms with Gasteiger partial charge in [0, 0.05) is 24.8 Å². The van der Waals surface area contributed by atoms with Crippen molar-refractivity contribution in [2.75, 3.05) is 18.0 Å². The van der Waals surface area contributed by atoms with Gasteiger partial charge >= 0.3 is 12.3 Å².